The number of nitrogens with one attached hydrogen (secondary N) is 1. The first-order chi connectivity index (χ1) is 8.60. The van der Waals surface area contributed by atoms with Crippen molar-refractivity contribution in [2.24, 2.45) is 5.73 Å². The molecule has 2 rings (SSSR count). The van der Waals surface area contributed by atoms with Crippen molar-refractivity contribution in [1.82, 2.24) is 15.2 Å². The van der Waals surface area contributed by atoms with E-state index in [4.69, 9.17) is 5.73 Å². The summed E-state index contributed by atoms with van der Waals surface area (Å²) in [4.78, 5) is 5.59. The van der Waals surface area contributed by atoms with Crippen LogP contribution in [0.2, 0.25) is 0 Å². The van der Waals surface area contributed by atoms with Crippen LogP contribution >= 0.6 is 39.0 Å². The second-order valence-electron chi connectivity index (χ2n) is 3.98. The van der Waals surface area contributed by atoms with E-state index in [1.54, 1.807) is 23.1 Å². The molecule has 2 heterocycles. The number of thioether (sulfide) groups is 1. The van der Waals surface area contributed by atoms with Crippen LogP contribution < -0.4 is 5.73 Å². The van der Waals surface area contributed by atoms with Gasteiger partial charge in [0.2, 0.25) is 5.16 Å². The van der Waals surface area contributed by atoms with Gasteiger partial charge in [0.15, 0.2) is 0 Å². The van der Waals surface area contributed by atoms with Crippen LogP contribution in [0.5, 0.6) is 0 Å². The second kappa shape index (κ2) is 6.18. The Bertz CT molecular complexity index is 511. The number of H-pyrrole nitrogens is 1. The number of hydrogen-bond acceptors (Lipinski definition) is 5. The summed E-state index contributed by atoms with van der Waals surface area (Å²) in [5.74, 6) is 0.827. The standard InChI is InChI=1S/C11H15BrN4S2/c1-3-8(13)10(9-4-7(12)5-17-9)18-11-14-6(2)15-16-11/h4-5,8,10H,3,13H2,1-2H3,(H,14,15,16). The van der Waals surface area contributed by atoms with E-state index in [9.17, 15) is 0 Å². The molecule has 0 amide bonds. The number of nitrogens with two attached hydrogens (primary N) is 1. The molecule has 0 radical (unpaired) electrons. The summed E-state index contributed by atoms with van der Waals surface area (Å²) < 4.78 is 1.10. The Morgan fingerprint density at radius 3 is 2.89 bits per heavy atom. The highest BCUT2D eigenvalue weighted by Gasteiger charge is 2.23. The first kappa shape index (κ1) is 14.0. The molecule has 0 aliphatic carbocycles. The summed E-state index contributed by atoms with van der Waals surface area (Å²) in [6.45, 7) is 4.00. The molecule has 0 saturated carbocycles. The molecule has 0 aliphatic rings. The molecule has 2 atom stereocenters. The molecule has 0 saturated heterocycles. The largest absolute Gasteiger partial charge is 0.326 e. The van der Waals surface area contributed by atoms with Crippen molar-refractivity contribution >= 4 is 39.0 Å². The van der Waals surface area contributed by atoms with Gasteiger partial charge in [-0.3, -0.25) is 5.10 Å². The van der Waals surface area contributed by atoms with Gasteiger partial charge in [-0.25, -0.2) is 4.98 Å². The van der Waals surface area contributed by atoms with Gasteiger partial charge in [0.05, 0.1) is 5.25 Å². The molecule has 0 bridgehead atoms. The summed E-state index contributed by atoms with van der Waals surface area (Å²) in [6, 6.07) is 2.22. The van der Waals surface area contributed by atoms with Crippen LogP contribution in [0.15, 0.2) is 21.1 Å². The molecule has 0 aromatic carbocycles. The maximum Gasteiger partial charge on any atom is 0.209 e. The first-order valence-electron chi connectivity index (χ1n) is 5.65. The third kappa shape index (κ3) is 3.34. The Morgan fingerprint density at radius 1 is 1.61 bits per heavy atom. The number of rotatable bonds is 5. The predicted molar refractivity (Wildman–Crippen MR) is 80.0 cm³/mol. The highest BCUT2D eigenvalue weighted by Crippen LogP contribution is 2.40. The van der Waals surface area contributed by atoms with E-state index >= 15 is 0 Å². The smallest absolute Gasteiger partial charge is 0.209 e. The molecule has 3 N–H and O–H groups in total. The molecule has 4 nitrogen and oxygen atoms in total. The van der Waals surface area contributed by atoms with E-state index in [-0.39, 0.29) is 11.3 Å². The van der Waals surface area contributed by atoms with Crippen LogP contribution in [0.25, 0.3) is 0 Å². The lowest BCUT2D eigenvalue weighted by Gasteiger charge is -2.19. The topological polar surface area (TPSA) is 67.6 Å². The third-order valence-electron chi connectivity index (χ3n) is 2.54. The van der Waals surface area contributed by atoms with Crippen LogP contribution in [0, 0.1) is 6.92 Å². The third-order valence-corrected chi connectivity index (χ3v) is 5.71. The Kier molecular flexibility index (Phi) is 4.83. The van der Waals surface area contributed by atoms with Gasteiger partial charge >= 0.3 is 0 Å². The maximum atomic E-state index is 6.22. The van der Waals surface area contributed by atoms with Gasteiger partial charge in [0, 0.05) is 20.8 Å². The summed E-state index contributed by atoms with van der Waals surface area (Å²) in [5, 5.41) is 10.1. The number of aryl methyl sites for hydroxylation is 1. The SMILES string of the molecule is CCC(N)C(Sc1n[nH]c(C)n1)c1cc(Br)cs1. The molecule has 7 heteroatoms. The lowest BCUT2D eigenvalue weighted by atomic mass is 10.1. The summed E-state index contributed by atoms with van der Waals surface area (Å²) in [5.41, 5.74) is 6.22. The van der Waals surface area contributed by atoms with Crippen LogP contribution in [-0.4, -0.2) is 21.2 Å². The zero-order chi connectivity index (χ0) is 13.1. The lowest BCUT2D eigenvalue weighted by molar-refractivity contribution is 0.638. The van der Waals surface area contributed by atoms with E-state index in [1.807, 2.05) is 6.92 Å². The van der Waals surface area contributed by atoms with E-state index in [1.165, 1.54) is 4.88 Å². The highest BCUT2D eigenvalue weighted by atomic mass is 79.9. The van der Waals surface area contributed by atoms with E-state index < -0.39 is 0 Å². The van der Waals surface area contributed by atoms with Crippen molar-refractivity contribution < 1.29 is 0 Å². The normalized spacial score (nSPS) is 14.7. The summed E-state index contributed by atoms with van der Waals surface area (Å²) in [6.07, 6.45) is 0.927. The minimum absolute atomic E-state index is 0.0966. The Labute approximate surface area is 123 Å². The molecule has 2 aromatic rings. The number of thiophene rings is 1. The average molecular weight is 347 g/mol. The van der Waals surface area contributed by atoms with E-state index in [0.717, 1.165) is 21.9 Å². The average Bonchev–Trinajstić information content (AvgIpc) is 2.94. The van der Waals surface area contributed by atoms with Crippen molar-refractivity contribution in [1.29, 1.82) is 0 Å². The zero-order valence-corrected chi connectivity index (χ0v) is 13.4. The number of halogens is 1. The zero-order valence-electron chi connectivity index (χ0n) is 10.2. The lowest BCUT2D eigenvalue weighted by Crippen LogP contribution is -2.25. The van der Waals surface area contributed by atoms with Crippen molar-refractivity contribution in [3.05, 3.63) is 26.6 Å². The minimum atomic E-state index is 0.0966. The molecule has 2 unspecified atom stereocenters. The van der Waals surface area contributed by atoms with Crippen LogP contribution in [-0.2, 0) is 0 Å². The first-order valence-corrected chi connectivity index (χ1v) is 8.20. The summed E-state index contributed by atoms with van der Waals surface area (Å²) >= 11 is 6.82. The van der Waals surface area contributed by atoms with Crippen molar-refractivity contribution in [3.63, 3.8) is 0 Å². The summed E-state index contributed by atoms with van der Waals surface area (Å²) in [7, 11) is 0. The Morgan fingerprint density at radius 2 is 2.39 bits per heavy atom. The van der Waals surface area contributed by atoms with Crippen LogP contribution in [0.3, 0.4) is 0 Å². The van der Waals surface area contributed by atoms with Gasteiger partial charge in [-0.1, -0.05) is 18.7 Å². The number of nitrogens with zero attached hydrogens (tertiary/aromatic N) is 2. The Balaban J connectivity index is 2.20. The van der Waals surface area contributed by atoms with Crippen LogP contribution in [0.4, 0.5) is 0 Å². The number of aromatic amines is 1. The van der Waals surface area contributed by atoms with Crippen LogP contribution in [0.1, 0.15) is 29.3 Å². The second-order valence-corrected chi connectivity index (χ2v) is 6.95. The van der Waals surface area contributed by atoms with Gasteiger partial charge < -0.3 is 5.73 Å². The van der Waals surface area contributed by atoms with Gasteiger partial charge in [-0.05, 0) is 35.3 Å². The molecule has 0 spiro atoms. The van der Waals surface area contributed by atoms with Gasteiger partial charge in [0.1, 0.15) is 5.82 Å². The molecule has 0 fully saturated rings. The van der Waals surface area contributed by atoms with Crippen molar-refractivity contribution in [2.45, 2.75) is 36.7 Å². The Hall–Kier alpha value is -0.370. The van der Waals surface area contributed by atoms with Crippen molar-refractivity contribution in [2.75, 3.05) is 0 Å². The maximum absolute atomic E-state index is 6.22. The molecule has 18 heavy (non-hydrogen) atoms. The van der Waals surface area contributed by atoms with Gasteiger partial charge in [-0.2, -0.15) is 0 Å². The van der Waals surface area contributed by atoms with E-state index in [0.29, 0.717) is 0 Å². The number of aromatic nitrogens is 3. The predicted octanol–water partition coefficient (Wildman–Crippen LogP) is 3.51. The van der Waals surface area contributed by atoms with E-state index in [2.05, 4.69) is 49.5 Å². The quantitative estimate of drug-likeness (QED) is 0.813. The molecule has 0 aliphatic heterocycles. The minimum Gasteiger partial charge on any atom is -0.326 e. The number of hydrogen-bond donors (Lipinski definition) is 2. The molecular formula is C11H15BrN4S2. The fraction of sp³-hybridized carbons (Fsp3) is 0.455. The van der Waals surface area contributed by atoms with Gasteiger partial charge in [0.25, 0.3) is 0 Å². The fourth-order valence-electron chi connectivity index (χ4n) is 1.54. The molecule has 98 valence electrons. The fourth-order valence-corrected chi connectivity index (χ4v) is 4.41. The van der Waals surface area contributed by atoms with Gasteiger partial charge in [-0.15, -0.1) is 16.4 Å². The molecule has 2 aromatic heterocycles. The van der Waals surface area contributed by atoms with Crippen molar-refractivity contribution in [3.8, 4) is 0 Å². The molecular weight excluding hydrogens is 332 g/mol. The highest BCUT2D eigenvalue weighted by molar-refractivity contribution is 9.10. The monoisotopic (exact) mass is 346 g/mol.